The Morgan fingerprint density at radius 1 is 1.25 bits per heavy atom. The first-order valence-corrected chi connectivity index (χ1v) is 8.44. The molecular weight excluding hydrogens is 370 g/mol. The molecular formula is C19H16F2N4O3. The summed E-state index contributed by atoms with van der Waals surface area (Å²) >= 11 is 0. The quantitative estimate of drug-likeness (QED) is 0.831. The Labute approximate surface area is 158 Å². The lowest BCUT2D eigenvalue weighted by Crippen LogP contribution is -2.43. The van der Waals surface area contributed by atoms with Crippen LogP contribution >= 0.6 is 0 Å². The van der Waals surface area contributed by atoms with Crippen molar-refractivity contribution in [3.8, 4) is 17.3 Å². The molecule has 0 aliphatic carbocycles. The van der Waals surface area contributed by atoms with E-state index >= 15 is 0 Å². The molecule has 3 rings (SSSR count). The van der Waals surface area contributed by atoms with Gasteiger partial charge in [0.2, 0.25) is 11.5 Å². The van der Waals surface area contributed by atoms with E-state index in [-0.39, 0.29) is 11.3 Å². The fourth-order valence-corrected chi connectivity index (χ4v) is 3.04. The van der Waals surface area contributed by atoms with Gasteiger partial charge in [-0.25, -0.2) is 8.78 Å². The minimum absolute atomic E-state index is 0.127. The monoisotopic (exact) mass is 386 g/mol. The largest absolute Gasteiger partial charge is 0.343 e. The van der Waals surface area contributed by atoms with Gasteiger partial charge >= 0.3 is 0 Å². The van der Waals surface area contributed by atoms with Gasteiger partial charge in [-0.1, -0.05) is 30.3 Å². The summed E-state index contributed by atoms with van der Waals surface area (Å²) in [5, 5.41) is 11.3. The van der Waals surface area contributed by atoms with Gasteiger partial charge in [-0.3, -0.25) is 14.4 Å². The lowest BCUT2D eigenvalue weighted by molar-refractivity contribution is -0.131. The number of aromatic amines is 1. The van der Waals surface area contributed by atoms with Crippen LogP contribution in [0.2, 0.25) is 0 Å². The second kappa shape index (κ2) is 7.60. The highest BCUT2D eigenvalue weighted by Crippen LogP contribution is 2.31. The number of rotatable bonds is 4. The van der Waals surface area contributed by atoms with E-state index in [1.54, 1.807) is 36.4 Å². The highest BCUT2D eigenvalue weighted by molar-refractivity contribution is 6.01. The molecule has 0 unspecified atom stereocenters. The molecule has 2 amide bonds. The van der Waals surface area contributed by atoms with Crippen molar-refractivity contribution >= 4 is 11.8 Å². The number of hydrogen-bond acceptors (Lipinski definition) is 4. The predicted octanol–water partition coefficient (Wildman–Crippen LogP) is 1.53. The number of carbonyl (C=O) groups excluding carboxylic acids is 2. The van der Waals surface area contributed by atoms with Crippen molar-refractivity contribution in [3.63, 3.8) is 0 Å². The van der Waals surface area contributed by atoms with Gasteiger partial charge in [-0.15, -0.1) is 0 Å². The van der Waals surface area contributed by atoms with E-state index in [0.717, 1.165) is 4.90 Å². The molecule has 28 heavy (non-hydrogen) atoms. The van der Waals surface area contributed by atoms with Gasteiger partial charge in [0.25, 0.3) is 11.8 Å². The molecule has 0 spiro atoms. The van der Waals surface area contributed by atoms with Crippen molar-refractivity contribution in [2.24, 2.45) is 0 Å². The van der Waals surface area contributed by atoms with Gasteiger partial charge < -0.3 is 15.2 Å². The first-order chi connectivity index (χ1) is 13.3. The molecule has 1 aromatic heterocycles. The number of nitriles is 1. The maximum absolute atomic E-state index is 13.5. The molecule has 1 atom stereocenters. The summed E-state index contributed by atoms with van der Waals surface area (Å²) in [7, 11) is 0. The third-order valence-corrected chi connectivity index (χ3v) is 4.37. The van der Waals surface area contributed by atoms with Crippen molar-refractivity contribution in [3.05, 3.63) is 58.4 Å². The molecule has 1 aliphatic heterocycles. The van der Waals surface area contributed by atoms with Crippen LogP contribution in [0, 0.1) is 11.3 Å². The topological polar surface area (TPSA) is 106 Å². The van der Waals surface area contributed by atoms with E-state index in [1.165, 1.54) is 12.1 Å². The molecule has 2 aromatic rings. The first-order valence-electron chi connectivity index (χ1n) is 8.44. The summed E-state index contributed by atoms with van der Waals surface area (Å²) in [6.45, 7) is -1.39. The van der Waals surface area contributed by atoms with Crippen molar-refractivity contribution in [1.82, 2.24) is 15.2 Å². The Kier molecular flexibility index (Phi) is 5.22. The zero-order chi connectivity index (χ0) is 20.3. The smallest absolute Gasteiger partial charge is 0.268 e. The fraction of sp³-hybridized carbons (Fsp3) is 0.263. The van der Waals surface area contributed by atoms with Crippen LogP contribution in [0.1, 0.15) is 16.8 Å². The first kappa shape index (κ1) is 19.2. The average Bonchev–Trinajstić information content (AvgIpc) is 3.01. The van der Waals surface area contributed by atoms with Crippen molar-refractivity contribution in [2.45, 2.75) is 18.4 Å². The number of carbonyl (C=O) groups is 2. The van der Waals surface area contributed by atoms with E-state index in [4.69, 9.17) is 5.26 Å². The molecule has 0 saturated carbocycles. The van der Waals surface area contributed by atoms with Gasteiger partial charge in [-0.05, 0) is 11.6 Å². The molecule has 1 aromatic carbocycles. The Bertz CT molecular complexity index is 998. The molecule has 9 heteroatoms. The lowest BCUT2D eigenvalue weighted by Gasteiger charge is -2.19. The number of alkyl halides is 2. The second-order valence-corrected chi connectivity index (χ2v) is 6.39. The molecule has 1 aliphatic rings. The third kappa shape index (κ3) is 4.06. The summed E-state index contributed by atoms with van der Waals surface area (Å²) in [5.74, 6) is -4.55. The summed E-state index contributed by atoms with van der Waals surface area (Å²) in [5.41, 5.74) is 0.603. The fourth-order valence-electron chi connectivity index (χ4n) is 3.04. The van der Waals surface area contributed by atoms with Gasteiger partial charge in [0.15, 0.2) is 0 Å². The standard InChI is InChI=1S/C19H16F2N4O3/c20-19(21)8-13(9-22)25(11-19)16(27)10-23-18(28)14-6-7-15(26)24-17(14)12-4-2-1-3-5-12/h1-7,13H,8,10-11H2,(H,23,28)(H,24,26)/t13-/m0/s1. The second-order valence-electron chi connectivity index (χ2n) is 6.39. The van der Waals surface area contributed by atoms with Crippen molar-refractivity contribution < 1.29 is 18.4 Å². The zero-order valence-corrected chi connectivity index (χ0v) is 14.6. The van der Waals surface area contributed by atoms with Crippen LogP contribution in [0.3, 0.4) is 0 Å². The number of halogens is 2. The maximum atomic E-state index is 13.5. The van der Waals surface area contributed by atoms with Crippen LogP contribution in [-0.2, 0) is 4.79 Å². The number of hydrogen-bond donors (Lipinski definition) is 2. The van der Waals surface area contributed by atoms with Crippen LogP contribution in [0.4, 0.5) is 8.78 Å². The van der Waals surface area contributed by atoms with Crippen molar-refractivity contribution in [2.75, 3.05) is 13.1 Å². The number of benzene rings is 1. The lowest BCUT2D eigenvalue weighted by atomic mass is 10.1. The van der Waals surface area contributed by atoms with E-state index in [1.807, 2.05) is 0 Å². The summed E-state index contributed by atoms with van der Waals surface area (Å²) in [6.07, 6.45) is -0.721. The number of nitrogens with zero attached hydrogens (tertiary/aromatic N) is 2. The molecule has 0 bridgehead atoms. The van der Waals surface area contributed by atoms with Gasteiger partial charge in [0.05, 0.1) is 30.4 Å². The van der Waals surface area contributed by atoms with Crippen LogP contribution in [0.25, 0.3) is 11.3 Å². The molecule has 2 heterocycles. The zero-order valence-electron chi connectivity index (χ0n) is 14.6. The van der Waals surface area contributed by atoms with E-state index in [9.17, 15) is 23.2 Å². The Morgan fingerprint density at radius 2 is 1.96 bits per heavy atom. The molecule has 144 valence electrons. The van der Waals surface area contributed by atoms with Crippen LogP contribution in [0.15, 0.2) is 47.3 Å². The average molecular weight is 386 g/mol. The summed E-state index contributed by atoms with van der Waals surface area (Å²) in [4.78, 5) is 39.8. The molecule has 1 saturated heterocycles. The Morgan fingerprint density at radius 3 is 2.64 bits per heavy atom. The number of H-pyrrole nitrogens is 1. The maximum Gasteiger partial charge on any atom is 0.268 e. The van der Waals surface area contributed by atoms with Crippen molar-refractivity contribution in [1.29, 1.82) is 5.26 Å². The minimum atomic E-state index is -3.13. The van der Waals surface area contributed by atoms with E-state index in [0.29, 0.717) is 5.56 Å². The molecule has 1 fully saturated rings. The molecule has 7 nitrogen and oxygen atoms in total. The number of amides is 2. The summed E-state index contributed by atoms with van der Waals surface area (Å²) < 4.78 is 26.9. The summed E-state index contributed by atoms with van der Waals surface area (Å²) in [6, 6.07) is 11.6. The minimum Gasteiger partial charge on any atom is -0.343 e. The Hall–Kier alpha value is -3.54. The van der Waals surface area contributed by atoms with E-state index < -0.39 is 48.8 Å². The van der Waals surface area contributed by atoms with E-state index in [2.05, 4.69) is 10.3 Å². The normalized spacial score (nSPS) is 17.8. The number of nitrogens with one attached hydrogen (secondary N) is 2. The van der Waals surface area contributed by atoms with Crippen LogP contribution < -0.4 is 10.9 Å². The molecule has 0 radical (unpaired) electrons. The Balaban J connectivity index is 1.75. The number of likely N-dealkylation sites (tertiary alicyclic amines) is 1. The van der Waals surface area contributed by atoms with Gasteiger partial charge in [0.1, 0.15) is 6.04 Å². The highest BCUT2D eigenvalue weighted by Gasteiger charge is 2.47. The SMILES string of the molecule is N#C[C@@H]1CC(F)(F)CN1C(=O)CNC(=O)c1ccc(=O)[nH]c1-c1ccccc1. The number of aromatic nitrogens is 1. The van der Waals surface area contributed by atoms with Crippen LogP contribution in [0.5, 0.6) is 0 Å². The predicted molar refractivity (Wildman–Crippen MR) is 95.5 cm³/mol. The third-order valence-electron chi connectivity index (χ3n) is 4.37. The molecule has 2 N–H and O–H groups in total. The van der Waals surface area contributed by atoms with Crippen LogP contribution in [-0.4, -0.2) is 46.8 Å². The van der Waals surface area contributed by atoms with Gasteiger partial charge in [0, 0.05) is 12.5 Å². The number of pyridine rings is 1. The van der Waals surface area contributed by atoms with Gasteiger partial charge in [-0.2, -0.15) is 5.26 Å². The highest BCUT2D eigenvalue weighted by atomic mass is 19.3.